The molecule has 0 heterocycles. The van der Waals surface area contributed by atoms with Gasteiger partial charge < -0.3 is 10.5 Å². The summed E-state index contributed by atoms with van der Waals surface area (Å²) >= 11 is 0. The molecule has 19 heavy (non-hydrogen) atoms. The highest BCUT2D eigenvalue weighted by Crippen LogP contribution is 2.18. The predicted molar refractivity (Wildman–Crippen MR) is 71.8 cm³/mol. The Morgan fingerprint density at radius 2 is 1.63 bits per heavy atom. The van der Waals surface area contributed by atoms with Gasteiger partial charge >= 0.3 is 11.9 Å². The first-order chi connectivity index (χ1) is 9.09. The molecular weight excluding hydrogens is 242 g/mol. The van der Waals surface area contributed by atoms with Gasteiger partial charge in [-0.1, -0.05) is 30.3 Å². The third-order valence-electron chi connectivity index (χ3n) is 2.70. The highest BCUT2D eigenvalue weighted by Gasteiger charge is 2.18. The molecule has 96 valence electrons. The van der Waals surface area contributed by atoms with E-state index in [4.69, 9.17) is 10.5 Å². The minimum absolute atomic E-state index is 0.229. The number of rotatable bonds is 2. The van der Waals surface area contributed by atoms with Gasteiger partial charge in [-0.3, -0.25) is 0 Å². The minimum Gasteiger partial charge on any atom is -0.398 e. The van der Waals surface area contributed by atoms with Crippen LogP contribution in [0.4, 0.5) is 5.69 Å². The first kappa shape index (κ1) is 12.8. The fourth-order valence-electron chi connectivity index (χ4n) is 1.74. The number of hydrogen-bond acceptors (Lipinski definition) is 4. The van der Waals surface area contributed by atoms with Crippen molar-refractivity contribution in [2.45, 2.75) is 6.92 Å². The minimum atomic E-state index is -0.732. The van der Waals surface area contributed by atoms with Gasteiger partial charge in [-0.2, -0.15) is 0 Å². The van der Waals surface area contributed by atoms with Crippen molar-refractivity contribution in [2.24, 2.45) is 0 Å². The number of carbonyl (C=O) groups excluding carboxylic acids is 2. The second kappa shape index (κ2) is 5.35. The third-order valence-corrected chi connectivity index (χ3v) is 2.70. The lowest BCUT2D eigenvalue weighted by Gasteiger charge is -2.08. The van der Waals surface area contributed by atoms with Gasteiger partial charge in [-0.25, -0.2) is 9.59 Å². The standard InChI is InChI=1S/C15H13NO3/c1-10-6-5-9-12(16)13(10)15(18)19-14(17)11-7-3-2-4-8-11/h2-9H,16H2,1H3. The fourth-order valence-corrected chi connectivity index (χ4v) is 1.74. The Morgan fingerprint density at radius 3 is 2.26 bits per heavy atom. The maximum Gasteiger partial charge on any atom is 0.348 e. The van der Waals surface area contributed by atoms with Crippen LogP contribution in [0.3, 0.4) is 0 Å². The van der Waals surface area contributed by atoms with E-state index in [0.717, 1.165) is 0 Å². The summed E-state index contributed by atoms with van der Waals surface area (Å²) in [5.74, 6) is -1.42. The number of nitrogen functional groups attached to an aromatic ring is 1. The smallest absolute Gasteiger partial charge is 0.348 e. The molecule has 0 aromatic heterocycles. The molecule has 0 aliphatic heterocycles. The number of carbonyl (C=O) groups is 2. The molecule has 2 N–H and O–H groups in total. The topological polar surface area (TPSA) is 69.4 Å². The monoisotopic (exact) mass is 255 g/mol. The molecule has 0 atom stereocenters. The molecule has 0 saturated heterocycles. The van der Waals surface area contributed by atoms with Gasteiger partial charge in [-0.15, -0.1) is 0 Å². The lowest BCUT2D eigenvalue weighted by atomic mass is 10.1. The zero-order chi connectivity index (χ0) is 13.8. The Hall–Kier alpha value is -2.62. The average Bonchev–Trinajstić information content (AvgIpc) is 2.39. The Kier molecular flexibility index (Phi) is 3.61. The van der Waals surface area contributed by atoms with Crippen LogP contribution in [0.2, 0.25) is 0 Å². The molecule has 2 rings (SSSR count). The SMILES string of the molecule is Cc1cccc(N)c1C(=O)OC(=O)c1ccccc1. The number of ether oxygens (including phenoxy) is 1. The van der Waals surface area contributed by atoms with Crippen LogP contribution in [0.25, 0.3) is 0 Å². The van der Waals surface area contributed by atoms with Crippen LogP contribution in [0.15, 0.2) is 48.5 Å². The molecule has 0 amide bonds. The van der Waals surface area contributed by atoms with Gasteiger partial charge in [-0.05, 0) is 30.7 Å². The van der Waals surface area contributed by atoms with Crippen molar-refractivity contribution in [3.05, 3.63) is 65.2 Å². The number of esters is 2. The van der Waals surface area contributed by atoms with E-state index in [9.17, 15) is 9.59 Å². The summed E-state index contributed by atoms with van der Waals surface area (Å²) in [6.07, 6.45) is 0. The quantitative estimate of drug-likeness (QED) is 0.508. The van der Waals surface area contributed by atoms with Gasteiger partial charge in [0.25, 0.3) is 0 Å². The van der Waals surface area contributed by atoms with Crippen LogP contribution in [-0.2, 0) is 4.74 Å². The van der Waals surface area contributed by atoms with Crippen molar-refractivity contribution in [2.75, 3.05) is 5.73 Å². The first-order valence-electron chi connectivity index (χ1n) is 5.76. The van der Waals surface area contributed by atoms with Gasteiger partial charge in [0, 0.05) is 5.69 Å². The summed E-state index contributed by atoms with van der Waals surface area (Å²) in [5.41, 5.74) is 7.24. The average molecular weight is 255 g/mol. The van der Waals surface area contributed by atoms with Gasteiger partial charge in [0.05, 0.1) is 11.1 Å². The Labute approximate surface area is 110 Å². The number of nitrogens with two attached hydrogens (primary N) is 1. The molecular formula is C15H13NO3. The zero-order valence-corrected chi connectivity index (χ0v) is 10.4. The maximum absolute atomic E-state index is 11.9. The molecule has 0 aliphatic rings. The molecule has 2 aromatic rings. The van der Waals surface area contributed by atoms with E-state index in [2.05, 4.69) is 0 Å². The third kappa shape index (κ3) is 2.80. The van der Waals surface area contributed by atoms with Crippen molar-refractivity contribution >= 4 is 17.6 Å². The van der Waals surface area contributed by atoms with Crippen molar-refractivity contribution in [3.8, 4) is 0 Å². The van der Waals surface area contributed by atoms with Crippen molar-refractivity contribution < 1.29 is 14.3 Å². The van der Waals surface area contributed by atoms with Crippen LogP contribution in [0, 0.1) is 6.92 Å². The van der Waals surface area contributed by atoms with Gasteiger partial charge in [0.2, 0.25) is 0 Å². The molecule has 4 heteroatoms. The fraction of sp³-hybridized carbons (Fsp3) is 0.0667. The summed E-state index contributed by atoms with van der Waals surface area (Å²) in [4.78, 5) is 23.7. The van der Waals surface area contributed by atoms with E-state index in [1.807, 2.05) is 0 Å². The number of anilines is 1. The maximum atomic E-state index is 11.9. The first-order valence-corrected chi connectivity index (χ1v) is 5.76. The molecule has 0 spiro atoms. The summed E-state index contributed by atoms with van der Waals surface area (Å²) in [5, 5.41) is 0. The highest BCUT2D eigenvalue weighted by molar-refractivity contribution is 6.05. The van der Waals surface area contributed by atoms with E-state index in [0.29, 0.717) is 16.8 Å². The van der Waals surface area contributed by atoms with E-state index in [-0.39, 0.29) is 5.56 Å². The number of hydrogen-bond donors (Lipinski definition) is 1. The van der Waals surface area contributed by atoms with Gasteiger partial charge in [0.15, 0.2) is 0 Å². The zero-order valence-electron chi connectivity index (χ0n) is 10.4. The van der Waals surface area contributed by atoms with E-state index in [1.165, 1.54) is 0 Å². The van der Waals surface area contributed by atoms with E-state index >= 15 is 0 Å². The van der Waals surface area contributed by atoms with Crippen molar-refractivity contribution in [3.63, 3.8) is 0 Å². The summed E-state index contributed by atoms with van der Waals surface area (Å²) in [6.45, 7) is 1.74. The summed E-state index contributed by atoms with van der Waals surface area (Å²) in [7, 11) is 0. The Balaban J connectivity index is 2.21. The highest BCUT2D eigenvalue weighted by atomic mass is 16.6. The predicted octanol–water partition coefficient (Wildman–Crippen LogP) is 2.57. The van der Waals surface area contributed by atoms with Crippen molar-refractivity contribution in [1.82, 2.24) is 0 Å². The van der Waals surface area contributed by atoms with Crippen LogP contribution >= 0.6 is 0 Å². The summed E-state index contributed by atoms with van der Waals surface area (Å²) in [6, 6.07) is 13.4. The Bertz CT molecular complexity index is 600. The summed E-state index contributed by atoms with van der Waals surface area (Å²) < 4.78 is 4.83. The molecule has 2 aromatic carbocycles. The molecule has 0 saturated carbocycles. The molecule has 0 unspecified atom stereocenters. The Morgan fingerprint density at radius 1 is 0.947 bits per heavy atom. The van der Waals surface area contributed by atoms with Crippen molar-refractivity contribution in [1.29, 1.82) is 0 Å². The molecule has 4 nitrogen and oxygen atoms in total. The molecule has 0 radical (unpaired) electrons. The molecule has 0 bridgehead atoms. The second-order valence-electron chi connectivity index (χ2n) is 4.08. The molecule has 0 aliphatic carbocycles. The lowest BCUT2D eigenvalue weighted by Crippen LogP contribution is -2.15. The second-order valence-corrected chi connectivity index (χ2v) is 4.08. The van der Waals surface area contributed by atoms with E-state index < -0.39 is 11.9 Å². The van der Waals surface area contributed by atoms with Crippen LogP contribution in [-0.4, -0.2) is 11.9 Å². The number of aryl methyl sites for hydroxylation is 1. The van der Waals surface area contributed by atoms with Crippen LogP contribution < -0.4 is 5.73 Å². The molecule has 0 fully saturated rings. The van der Waals surface area contributed by atoms with Gasteiger partial charge in [0.1, 0.15) is 0 Å². The largest absolute Gasteiger partial charge is 0.398 e. The van der Waals surface area contributed by atoms with E-state index in [1.54, 1.807) is 55.5 Å². The number of benzene rings is 2. The lowest BCUT2D eigenvalue weighted by molar-refractivity contribution is 0.0398. The van der Waals surface area contributed by atoms with Crippen LogP contribution in [0.1, 0.15) is 26.3 Å². The normalized spacial score (nSPS) is 9.95. The van der Waals surface area contributed by atoms with Crippen LogP contribution in [0.5, 0.6) is 0 Å².